The summed E-state index contributed by atoms with van der Waals surface area (Å²) in [6.45, 7) is 1.07. The molecule has 3 heterocycles. The lowest BCUT2D eigenvalue weighted by molar-refractivity contribution is -0.192. The zero-order valence-corrected chi connectivity index (χ0v) is 17.4. The molecule has 1 unspecified atom stereocenters. The first-order valence-electron chi connectivity index (χ1n) is 9.39. The van der Waals surface area contributed by atoms with Gasteiger partial charge in [0.15, 0.2) is 0 Å². The number of rotatable bonds is 4. The van der Waals surface area contributed by atoms with Crippen LogP contribution in [-0.4, -0.2) is 49.7 Å². The van der Waals surface area contributed by atoms with Gasteiger partial charge in [-0.05, 0) is 43.7 Å². The van der Waals surface area contributed by atoms with E-state index < -0.39 is 41.1 Å². The standard InChI is InChI=1S/C18H20F6N4O2S/c1-9-5-11(15-10(3-4-29)7-14(31-15)17(19,20)21)6-13(12-8-27(2)26-25-12)28(9)16(30)18(22,23)24/h7-9,11,13,29H,3-6H2,1-2H3/t9-,11?,13-/m0/s1. The van der Waals surface area contributed by atoms with E-state index in [1.807, 2.05) is 0 Å². The Morgan fingerprint density at radius 3 is 2.45 bits per heavy atom. The molecule has 3 rings (SSSR count). The topological polar surface area (TPSA) is 71.2 Å². The van der Waals surface area contributed by atoms with Gasteiger partial charge < -0.3 is 10.0 Å². The number of alkyl halides is 6. The molecule has 1 N–H and O–H groups in total. The summed E-state index contributed by atoms with van der Waals surface area (Å²) < 4.78 is 80.8. The van der Waals surface area contributed by atoms with Crippen molar-refractivity contribution in [3.63, 3.8) is 0 Å². The maximum absolute atomic E-state index is 13.3. The summed E-state index contributed by atoms with van der Waals surface area (Å²) >= 11 is 0.530. The molecule has 1 saturated heterocycles. The van der Waals surface area contributed by atoms with Gasteiger partial charge in [-0.1, -0.05) is 5.21 Å². The predicted molar refractivity (Wildman–Crippen MR) is 98.2 cm³/mol. The summed E-state index contributed by atoms with van der Waals surface area (Å²) in [5.41, 5.74) is 0.443. The van der Waals surface area contributed by atoms with E-state index in [0.717, 1.165) is 6.07 Å². The molecule has 6 nitrogen and oxygen atoms in total. The maximum Gasteiger partial charge on any atom is 0.471 e. The van der Waals surface area contributed by atoms with Crippen molar-refractivity contribution in [2.24, 2.45) is 7.05 Å². The molecule has 3 atom stereocenters. The number of aliphatic hydroxyl groups excluding tert-OH is 1. The largest absolute Gasteiger partial charge is 0.471 e. The van der Waals surface area contributed by atoms with Crippen LogP contribution in [0.1, 0.15) is 52.7 Å². The molecular weight excluding hydrogens is 450 g/mol. The number of likely N-dealkylation sites (tertiary alicyclic amines) is 1. The molecule has 0 saturated carbocycles. The monoisotopic (exact) mass is 470 g/mol. The number of carbonyl (C=O) groups is 1. The van der Waals surface area contributed by atoms with Gasteiger partial charge in [0, 0.05) is 24.6 Å². The lowest BCUT2D eigenvalue weighted by atomic mass is 9.83. The third kappa shape index (κ3) is 4.86. The first-order valence-corrected chi connectivity index (χ1v) is 10.2. The Hall–Kier alpha value is -2.15. The number of aliphatic hydroxyl groups is 1. The molecule has 1 aliphatic rings. The molecule has 13 heteroatoms. The molecule has 0 radical (unpaired) electrons. The van der Waals surface area contributed by atoms with E-state index in [2.05, 4.69) is 10.3 Å². The number of hydrogen-bond donors (Lipinski definition) is 1. The Morgan fingerprint density at radius 1 is 1.26 bits per heavy atom. The molecule has 2 aromatic heterocycles. The third-order valence-corrected chi connectivity index (χ3v) is 6.64. The Morgan fingerprint density at radius 2 is 1.94 bits per heavy atom. The van der Waals surface area contributed by atoms with Crippen LogP contribution in [0, 0.1) is 0 Å². The molecule has 0 aliphatic carbocycles. The number of piperidine rings is 1. The maximum atomic E-state index is 13.3. The van der Waals surface area contributed by atoms with E-state index in [1.165, 1.54) is 24.9 Å². The quantitative estimate of drug-likeness (QED) is 0.690. The van der Waals surface area contributed by atoms with E-state index in [4.69, 9.17) is 0 Å². The Bertz CT molecular complexity index is 938. The van der Waals surface area contributed by atoms with E-state index in [1.54, 1.807) is 0 Å². The summed E-state index contributed by atoms with van der Waals surface area (Å²) in [5.74, 6) is -2.56. The molecule has 0 bridgehead atoms. The van der Waals surface area contributed by atoms with Gasteiger partial charge in [-0.25, -0.2) is 0 Å². The third-order valence-electron chi connectivity index (χ3n) is 5.26. The minimum Gasteiger partial charge on any atom is -0.396 e. The Balaban J connectivity index is 2.02. The summed E-state index contributed by atoms with van der Waals surface area (Å²) in [4.78, 5) is 12.4. The van der Waals surface area contributed by atoms with Gasteiger partial charge in [-0.15, -0.1) is 16.4 Å². The van der Waals surface area contributed by atoms with E-state index in [-0.39, 0.29) is 31.6 Å². The second-order valence-corrected chi connectivity index (χ2v) is 8.62. The molecule has 1 amide bonds. The average Bonchev–Trinajstić information content (AvgIpc) is 3.26. The van der Waals surface area contributed by atoms with Crippen molar-refractivity contribution in [3.8, 4) is 0 Å². The summed E-state index contributed by atoms with van der Waals surface area (Å²) in [6, 6.07) is -1.03. The van der Waals surface area contributed by atoms with Gasteiger partial charge in [0.1, 0.15) is 10.6 Å². The highest BCUT2D eigenvalue weighted by molar-refractivity contribution is 7.12. The van der Waals surface area contributed by atoms with Gasteiger partial charge in [0.2, 0.25) is 0 Å². The highest BCUT2D eigenvalue weighted by Crippen LogP contribution is 2.48. The predicted octanol–water partition coefficient (Wildman–Crippen LogP) is 3.83. The zero-order chi connectivity index (χ0) is 23.1. The number of thiophene rings is 1. The van der Waals surface area contributed by atoms with E-state index >= 15 is 0 Å². The van der Waals surface area contributed by atoms with Crippen LogP contribution in [0.3, 0.4) is 0 Å². The van der Waals surface area contributed by atoms with Crippen LogP contribution in [0.25, 0.3) is 0 Å². The Labute approximate surface area is 177 Å². The normalized spacial score (nSPS) is 22.7. The van der Waals surface area contributed by atoms with Crippen LogP contribution >= 0.6 is 11.3 Å². The number of amides is 1. The molecule has 31 heavy (non-hydrogen) atoms. The van der Waals surface area contributed by atoms with Crippen molar-refractivity contribution in [3.05, 3.63) is 33.3 Å². The van der Waals surface area contributed by atoms with Crippen LogP contribution in [-0.2, 0) is 24.4 Å². The second kappa shape index (κ2) is 8.41. The van der Waals surface area contributed by atoms with Crippen LogP contribution in [0.4, 0.5) is 26.3 Å². The molecule has 1 aliphatic heterocycles. The SMILES string of the molecule is C[C@H]1CC(c2sc(C(F)(F)F)cc2CCO)C[C@@H](c2cn(C)nn2)N1C(=O)C(F)(F)F. The number of aryl methyl sites for hydroxylation is 1. The number of halogens is 6. The number of nitrogens with zero attached hydrogens (tertiary/aromatic N) is 4. The first-order chi connectivity index (χ1) is 14.3. The second-order valence-electron chi connectivity index (χ2n) is 7.53. The van der Waals surface area contributed by atoms with Gasteiger partial charge in [0.05, 0.1) is 12.2 Å². The van der Waals surface area contributed by atoms with Crippen LogP contribution in [0.15, 0.2) is 12.3 Å². The molecule has 2 aromatic rings. The van der Waals surface area contributed by atoms with Crippen LogP contribution in [0.2, 0.25) is 0 Å². The minimum atomic E-state index is -5.10. The van der Waals surface area contributed by atoms with Crippen molar-refractivity contribution in [2.75, 3.05) is 6.61 Å². The molecule has 1 fully saturated rings. The first kappa shape index (κ1) is 23.5. The minimum absolute atomic E-state index is 0.00615. The average molecular weight is 470 g/mol. The van der Waals surface area contributed by atoms with Crippen molar-refractivity contribution in [1.29, 1.82) is 0 Å². The fourth-order valence-corrected chi connectivity index (χ4v) is 5.24. The van der Waals surface area contributed by atoms with Gasteiger partial charge in [0.25, 0.3) is 0 Å². The summed E-state index contributed by atoms with van der Waals surface area (Å²) in [5, 5.41) is 16.8. The number of aromatic nitrogens is 3. The smallest absolute Gasteiger partial charge is 0.396 e. The molecule has 0 aromatic carbocycles. The van der Waals surface area contributed by atoms with Crippen molar-refractivity contribution < 1.29 is 36.2 Å². The van der Waals surface area contributed by atoms with Gasteiger partial charge in [-0.3, -0.25) is 9.48 Å². The van der Waals surface area contributed by atoms with Crippen molar-refractivity contribution in [1.82, 2.24) is 19.9 Å². The summed E-state index contributed by atoms with van der Waals surface area (Å²) in [6.07, 6.45) is -8.28. The highest BCUT2D eigenvalue weighted by atomic mass is 32.1. The highest BCUT2D eigenvalue weighted by Gasteiger charge is 2.50. The van der Waals surface area contributed by atoms with Crippen molar-refractivity contribution >= 4 is 17.2 Å². The van der Waals surface area contributed by atoms with Gasteiger partial charge >= 0.3 is 18.3 Å². The Kier molecular flexibility index (Phi) is 6.38. The van der Waals surface area contributed by atoms with E-state index in [9.17, 15) is 36.2 Å². The van der Waals surface area contributed by atoms with Crippen molar-refractivity contribution in [2.45, 2.75) is 56.5 Å². The molecular formula is C18H20F6N4O2S. The number of carbonyl (C=O) groups excluding carboxylic acids is 1. The zero-order valence-electron chi connectivity index (χ0n) is 16.5. The van der Waals surface area contributed by atoms with E-state index in [0.29, 0.717) is 26.7 Å². The lowest BCUT2D eigenvalue weighted by Crippen LogP contribution is -2.51. The van der Waals surface area contributed by atoms with Crippen LogP contribution < -0.4 is 0 Å². The fraction of sp³-hybridized carbons (Fsp3) is 0.611. The molecule has 172 valence electrons. The fourth-order valence-electron chi connectivity index (χ4n) is 4.04. The van der Waals surface area contributed by atoms with Gasteiger partial charge in [-0.2, -0.15) is 26.3 Å². The summed E-state index contributed by atoms with van der Waals surface area (Å²) in [7, 11) is 1.52. The lowest BCUT2D eigenvalue weighted by Gasteiger charge is -2.43. The molecule has 0 spiro atoms. The van der Waals surface area contributed by atoms with Crippen LogP contribution in [0.5, 0.6) is 0 Å². The number of hydrogen-bond acceptors (Lipinski definition) is 5.